The lowest BCUT2D eigenvalue weighted by molar-refractivity contribution is -0.141. The topological polar surface area (TPSA) is 43.8 Å². The molecular formula is C14H17BrN2O2. The average Bonchev–Trinajstić information content (AvgIpc) is 2.74. The Labute approximate surface area is 121 Å². The number of halogens is 1. The Balaban J connectivity index is 1.59. The van der Waals surface area contributed by atoms with Crippen LogP contribution in [0.15, 0.2) is 28.7 Å². The smallest absolute Gasteiger partial charge is 0.317 e. The first-order chi connectivity index (χ1) is 9.06. The fraction of sp³-hybridized carbons (Fsp3) is 0.500. The highest BCUT2D eigenvalue weighted by Gasteiger charge is 2.47. The van der Waals surface area contributed by atoms with Gasteiger partial charge in [-0.15, -0.1) is 0 Å². The van der Waals surface area contributed by atoms with E-state index in [-0.39, 0.29) is 6.54 Å². The number of aliphatic carboxylic acids is 1. The average molecular weight is 325 g/mol. The molecule has 1 N–H and O–H groups in total. The van der Waals surface area contributed by atoms with Crippen molar-refractivity contribution in [3.63, 3.8) is 0 Å². The molecule has 2 aliphatic rings. The SMILES string of the molecule is O=C(O)CN1CC2(CCN(c3ccc(Br)cc3)C2)C1. The number of hydrogen-bond acceptors (Lipinski definition) is 3. The highest BCUT2D eigenvalue weighted by atomic mass is 79.9. The summed E-state index contributed by atoms with van der Waals surface area (Å²) in [7, 11) is 0. The van der Waals surface area contributed by atoms with Crippen LogP contribution >= 0.6 is 15.9 Å². The molecule has 0 amide bonds. The number of carbonyl (C=O) groups is 1. The van der Waals surface area contributed by atoms with Gasteiger partial charge in [0.25, 0.3) is 0 Å². The van der Waals surface area contributed by atoms with Crippen molar-refractivity contribution in [2.24, 2.45) is 5.41 Å². The van der Waals surface area contributed by atoms with Gasteiger partial charge < -0.3 is 10.0 Å². The van der Waals surface area contributed by atoms with Crippen molar-refractivity contribution in [3.05, 3.63) is 28.7 Å². The molecule has 1 aromatic rings. The number of anilines is 1. The van der Waals surface area contributed by atoms with Gasteiger partial charge in [0.2, 0.25) is 0 Å². The van der Waals surface area contributed by atoms with Crippen LogP contribution < -0.4 is 4.90 Å². The summed E-state index contributed by atoms with van der Waals surface area (Å²) < 4.78 is 1.10. The molecule has 2 heterocycles. The normalized spacial score (nSPS) is 21.6. The van der Waals surface area contributed by atoms with E-state index in [1.807, 2.05) is 4.90 Å². The standard InChI is InChI=1S/C14H17BrN2O2/c15-11-1-3-12(4-2-11)17-6-5-14(10-17)8-16(9-14)7-13(18)19/h1-4H,5-10H2,(H,18,19). The van der Waals surface area contributed by atoms with Gasteiger partial charge in [-0.25, -0.2) is 0 Å². The number of carboxylic acid groups (broad SMARTS) is 1. The van der Waals surface area contributed by atoms with Gasteiger partial charge in [-0.2, -0.15) is 0 Å². The first kappa shape index (κ1) is 12.9. The number of likely N-dealkylation sites (tertiary alicyclic amines) is 1. The Hall–Kier alpha value is -1.07. The van der Waals surface area contributed by atoms with Gasteiger partial charge in [-0.1, -0.05) is 15.9 Å². The number of hydrogen-bond donors (Lipinski definition) is 1. The second kappa shape index (κ2) is 4.80. The quantitative estimate of drug-likeness (QED) is 0.924. The maximum Gasteiger partial charge on any atom is 0.317 e. The lowest BCUT2D eigenvalue weighted by Crippen LogP contribution is -2.58. The molecule has 0 unspecified atom stereocenters. The minimum Gasteiger partial charge on any atom is -0.480 e. The van der Waals surface area contributed by atoms with E-state index in [4.69, 9.17) is 5.11 Å². The molecule has 19 heavy (non-hydrogen) atoms. The third kappa shape index (κ3) is 2.62. The van der Waals surface area contributed by atoms with Crippen molar-refractivity contribution in [3.8, 4) is 0 Å². The van der Waals surface area contributed by atoms with Crippen molar-refractivity contribution in [1.29, 1.82) is 0 Å². The van der Waals surface area contributed by atoms with Crippen LogP contribution in [0.5, 0.6) is 0 Å². The van der Waals surface area contributed by atoms with Crippen LogP contribution in [0.2, 0.25) is 0 Å². The highest BCUT2D eigenvalue weighted by molar-refractivity contribution is 9.10. The van der Waals surface area contributed by atoms with Crippen molar-refractivity contribution in [1.82, 2.24) is 4.90 Å². The number of carboxylic acids is 1. The van der Waals surface area contributed by atoms with Gasteiger partial charge in [0, 0.05) is 41.8 Å². The second-order valence-electron chi connectivity index (χ2n) is 5.69. The summed E-state index contributed by atoms with van der Waals surface area (Å²) in [6, 6.07) is 8.41. The third-order valence-electron chi connectivity index (χ3n) is 4.11. The summed E-state index contributed by atoms with van der Waals surface area (Å²) in [5.41, 5.74) is 1.58. The lowest BCUT2D eigenvalue weighted by atomic mass is 9.79. The number of nitrogens with zero attached hydrogens (tertiary/aromatic N) is 2. The summed E-state index contributed by atoms with van der Waals surface area (Å²) in [5, 5.41) is 8.78. The molecule has 2 saturated heterocycles. The van der Waals surface area contributed by atoms with Crippen LogP contribution in [0.25, 0.3) is 0 Å². The molecular weight excluding hydrogens is 308 g/mol. The Morgan fingerprint density at radius 3 is 2.58 bits per heavy atom. The minimum absolute atomic E-state index is 0.181. The summed E-state index contributed by atoms with van der Waals surface area (Å²) in [5.74, 6) is -0.724. The predicted molar refractivity (Wildman–Crippen MR) is 77.5 cm³/mol. The van der Waals surface area contributed by atoms with E-state index >= 15 is 0 Å². The lowest BCUT2D eigenvalue weighted by Gasteiger charge is -2.47. The van der Waals surface area contributed by atoms with Crippen LogP contribution in [0.1, 0.15) is 6.42 Å². The monoisotopic (exact) mass is 324 g/mol. The minimum atomic E-state index is -0.724. The zero-order valence-corrected chi connectivity index (χ0v) is 12.3. The summed E-state index contributed by atoms with van der Waals surface area (Å²) >= 11 is 3.45. The molecule has 0 radical (unpaired) electrons. The zero-order chi connectivity index (χ0) is 13.5. The molecule has 3 rings (SSSR count). The molecule has 1 aromatic carbocycles. The third-order valence-corrected chi connectivity index (χ3v) is 4.64. The predicted octanol–water partition coefficient (Wildman–Crippen LogP) is 2.05. The van der Waals surface area contributed by atoms with E-state index in [9.17, 15) is 4.79 Å². The van der Waals surface area contributed by atoms with Crippen LogP contribution in [0.3, 0.4) is 0 Å². The molecule has 4 nitrogen and oxygen atoms in total. The fourth-order valence-electron chi connectivity index (χ4n) is 3.27. The Morgan fingerprint density at radius 1 is 1.26 bits per heavy atom. The zero-order valence-electron chi connectivity index (χ0n) is 10.7. The summed E-state index contributed by atoms with van der Waals surface area (Å²) in [4.78, 5) is 15.1. The highest BCUT2D eigenvalue weighted by Crippen LogP contribution is 2.41. The largest absolute Gasteiger partial charge is 0.480 e. The second-order valence-corrected chi connectivity index (χ2v) is 6.60. The van der Waals surface area contributed by atoms with Crippen molar-refractivity contribution in [2.45, 2.75) is 6.42 Å². The molecule has 2 aliphatic heterocycles. The van der Waals surface area contributed by atoms with Crippen molar-refractivity contribution in [2.75, 3.05) is 37.6 Å². The molecule has 0 saturated carbocycles. The molecule has 0 atom stereocenters. The molecule has 1 spiro atoms. The van der Waals surface area contributed by atoms with E-state index in [1.165, 1.54) is 12.1 Å². The Kier molecular flexibility index (Phi) is 3.27. The first-order valence-corrected chi connectivity index (χ1v) is 7.30. The van der Waals surface area contributed by atoms with Gasteiger partial charge in [0.05, 0.1) is 6.54 Å². The van der Waals surface area contributed by atoms with E-state index in [1.54, 1.807) is 0 Å². The number of rotatable bonds is 3. The molecule has 2 fully saturated rings. The molecule has 102 valence electrons. The van der Waals surface area contributed by atoms with Crippen LogP contribution in [-0.2, 0) is 4.79 Å². The van der Waals surface area contributed by atoms with Gasteiger partial charge in [0.1, 0.15) is 0 Å². The molecule has 5 heteroatoms. The van der Waals surface area contributed by atoms with E-state index in [0.29, 0.717) is 5.41 Å². The van der Waals surface area contributed by atoms with Gasteiger partial charge >= 0.3 is 5.97 Å². The summed E-state index contributed by atoms with van der Waals surface area (Å²) in [6.45, 7) is 4.14. The fourth-order valence-corrected chi connectivity index (χ4v) is 3.54. The van der Waals surface area contributed by atoms with Gasteiger partial charge in [0.15, 0.2) is 0 Å². The Bertz CT molecular complexity index is 483. The van der Waals surface area contributed by atoms with E-state index < -0.39 is 5.97 Å². The molecule has 0 bridgehead atoms. The maximum atomic E-state index is 10.7. The van der Waals surface area contributed by atoms with E-state index in [2.05, 4.69) is 45.1 Å². The summed E-state index contributed by atoms with van der Waals surface area (Å²) in [6.07, 6.45) is 1.17. The van der Waals surface area contributed by atoms with Crippen LogP contribution in [0.4, 0.5) is 5.69 Å². The van der Waals surface area contributed by atoms with Crippen LogP contribution in [-0.4, -0.2) is 48.7 Å². The van der Waals surface area contributed by atoms with Gasteiger partial charge in [-0.3, -0.25) is 9.69 Å². The van der Waals surface area contributed by atoms with Crippen LogP contribution in [0, 0.1) is 5.41 Å². The maximum absolute atomic E-state index is 10.7. The molecule has 0 aromatic heterocycles. The van der Waals surface area contributed by atoms with Gasteiger partial charge in [-0.05, 0) is 30.7 Å². The van der Waals surface area contributed by atoms with Crippen molar-refractivity contribution >= 4 is 27.6 Å². The van der Waals surface area contributed by atoms with E-state index in [0.717, 1.165) is 30.7 Å². The first-order valence-electron chi connectivity index (χ1n) is 6.51. The number of benzene rings is 1. The Morgan fingerprint density at radius 2 is 1.95 bits per heavy atom. The van der Waals surface area contributed by atoms with Crippen molar-refractivity contribution < 1.29 is 9.90 Å². The molecule has 0 aliphatic carbocycles.